The van der Waals surface area contributed by atoms with E-state index in [1.54, 1.807) is 12.1 Å². The van der Waals surface area contributed by atoms with Crippen LogP contribution in [0.3, 0.4) is 0 Å². The van der Waals surface area contributed by atoms with Gasteiger partial charge in [-0.1, -0.05) is 12.1 Å². The van der Waals surface area contributed by atoms with E-state index in [9.17, 15) is 10.1 Å². The topological polar surface area (TPSA) is 52.9 Å². The van der Waals surface area contributed by atoms with Crippen LogP contribution in [0.1, 0.15) is 51.0 Å². The average molecular weight is 340 g/mol. The summed E-state index contributed by atoms with van der Waals surface area (Å²) < 4.78 is 0.334. The largest absolute Gasteiger partial charge is 0.324 e. The summed E-state index contributed by atoms with van der Waals surface area (Å²) in [6.07, 6.45) is 8.18. The van der Waals surface area contributed by atoms with Crippen molar-refractivity contribution >= 4 is 23.4 Å². The van der Waals surface area contributed by atoms with Crippen molar-refractivity contribution in [1.82, 2.24) is 0 Å². The molecule has 126 valence electrons. The summed E-state index contributed by atoms with van der Waals surface area (Å²) in [7, 11) is 0. The van der Waals surface area contributed by atoms with Gasteiger partial charge in [-0.25, -0.2) is 0 Å². The first-order chi connectivity index (χ1) is 11.6. The second kappa shape index (κ2) is 6.11. The molecular weight excluding hydrogens is 316 g/mol. The monoisotopic (exact) mass is 340 g/mol. The second-order valence-electron chi connectivity index (χ2n) is 8.01. The Morgan fingerprint density at radius 3 is 2.38 bits per heavy atom. The SMILES string of the molecule is C[C@H](SC12CC3CC(CC(C3)C1)C2)C(=O)Nc1ccccc1C#N. The minimum atomic E-state index is -0.0759. The first kappa shape index (κ1) is 16.0. The van der Waals surface area contributed by atoms with Crippen LogP contribution in [0.2, 0.25) is 0 Å². The van der Waals surface area contributed by atoms with Crippen molar-refractivity contribution in [2.24, 2.45) is 17.8 Å². The molecule has 4 aliphatic rings. The lowest BCUT2D eigenvalue weighted by atomic mass is 9.56. The Labute approximate surface area is 148 Å². The molecule has 1 atom stereocenters. The molecule has 0 spiro atoms. The number of hydrogen-bond acceptors (Lipinski definition) is 3. The van der Waals surface area contributed by atoms with E-state index < -0.39 is 0 Å². The fraction of sp³-hybridized carbons (Fsp3) is 0.600. The van der Waals surface area contributed by atoms with Crippen molar-refractivity contribution in [2.45, 2.75) is 55.4 Å². The average Bonchev–Trinajstić information content (AvgIpc) is 2.53. The van der Waals surface area contributed by atoms with Gasteiger partial charge in [-0.2, -0.15) is 5.26 Å². The molecule has 4 aliphatic carbocycles. The molecule has 3 nitrogen and oxygen atoms in total. The van der Waals surface area contributed by atoms with Crippen molar-refractivity contribution in [3.8, 4) is 6.07 Å². The van der Waals surface area contributed by atoms with E-state index in [2.05, 4.69) is 11.4 Å². The fourth-order valence-electron chi connectivity index (χ4n) is 5.53. The number of nitriles is 1. The van der Waals surface area contributed by atoms with Crippen molar-refractivity contribution in [2.75, 3.05) is 5.32 Å². The number of amides is 1. The molecule has 1 amide bonds. The van der Waals surface area contributed by atoms with Gasteiger partial charge in [-0.3, -0.25) is 4.79 Å². The van der Waals surface area contributed by atoms with E-state index in [-0.39, 0.29) is 11.2 Å². The third kappa shape index (κ3) is 2.95. The Kier molecular flexibility index (Phi) is 4.08. The van der Waals surface area contributed by atoms with E-state index in [1.165, 1.54) is 38.5 Å². The summed E-state index contributed by atoms with van der Waals surface area (Å²) in [6, 6.07) is 9.37. The lowest BCUT2D eigenvalue weighted by Gasteiger charge is -2.57. The summed E-state index contributed by atoms with van der Waals surface area (Å²) in [5, 5.41) is 12.1. The van der Waals surface area contributed by atoms with Crippen LogP contribution in [0.5, 0.6) is 0 Å². The standard InChI is InChI=1S/C20H24N2OS/c1-13(19(23)22-18-5-3-2-4-17(18)12-21)24-20-9-14-6-15(10-20)8-16(7-14)11-20/h2-5,13-16H,6-11H2,1H3,(H,22,23)/t13-,14?,15?,16?,20?/m0/s1. The van der Waals surface area contributed by atoms with Crippen molar-refractivity contribution < 1.29 is 4.79 Å². The summed E-state index contributed by atoms with van der Waals surface area (Å²) in [4.78, 5) is 12.7. The Morgan fingerprint density at radius 2 is 1.79 bits per heavy atom. The van der Waals surface area contributed by atoms with Gasteiger partial charge in [0, 0.05) is 4.75 Å². The molecule has 4 saturated carbocycles. The number of hydrogen-bond donors (Lipinski definition) is 1. The Morgan fingerprint density at radius 1 is 1.21 bits per heavy atom. The van der Waals surface area contributed by atoms with Gasteiger partial charge in [0.05, 0.1) is 16.5 Å². The van der Waals surface area contributed by atoms with Crippen LogP contribution in [-0.4, -0.2) is 15.9 Å². The van der Waals surface area contributed by atoms with Gasteiger partial charge in [0.1, 0.15) is 6.07 Å². The second-order valence-corrected chi connectivity index (χ2v) is 9.82. The highest BCUT2D eigenvalue weighted by molar-refractivity contribution is 8.01. The van der Waals surface area contributed by atoms with Crippen molar-refractivity contribution in [1.29, 1.82) is 5.26 Å². The smallest absolute Gasteiger partial charge is 0.237 e. The Balaban J connectivity index is 1.44. The van der Waals surface area contributed by atoms with Crippen LogP contribution in [0, 0.1) is 29.1 Å². The van der Waals surface area contributed by atoms with Gasteiger partial charge < -0.3 is 5.32 Å². The van der Waals surface area contributed by atoms with Crippen LogP contribution in [-0.2, 0) is 4.79 Å². The van der Waals surface area contributed by atoms with Gasteiger partial charge in [0.25, 0.3) is 0 Å². The lowest BCUT2D eigenvalue weighted by molar-refractivity contribution is -0.115. The normalized spacial score (nSPS) is 34.6. The third-order valence-corrected chi connectivity index (χ3v) is 7.65. The molecule has 1 aromatic rings. The molecule has 4 bridgehead atoms. The van der Waals surface area contributed by atoms with Gasteiger partial charge in [0.15, 0.2) is 0 Å². The van der Waals surface area contributed by atoms with E-state index >= 15 is 0 Å². The highest BCUT2D eigenvalue weighted by atomic mass is 32.2. The minimum absolute atomic E-state index is 0.0263. The highest BCUT2D eigenvalue weighted by Crippen LogP contribution is 2.61. The fourth-order valence-corrected chi connectivity index (χ4v) is 7.44. The van der Waals surface area contributed by atoms with Crippen molar-refractivity contribution in [3.05, 3.63) is 29.8 Å². The number of nitrogens with zero attached hydrogens (tertiary/aromatic N) is 1. The quantitative estimate of drug-likeness (QED) is 0.872. The number of carbonyl (C=O) groups excluding carboxylic acids is 1. The van der Waals surface area contributed by atoms with Gasteiger partial charge >= 0.3 is 0 Å². The number of thioether (sulfide) groups is 1. The molecule has 1 N–H and O–H groups in total. The first-order valence-electron chi connectivity index (χ1n) is 9.05. The number of nitrogens with one attached hydrogen (secondary N) is 1. The molecule has 24 heavy (non-hydrogen) atoms. The zero-order valence-corrected chi connectivity index (χ0v) is 14.9. The highest BCUT2D eigenvalue weighted by Gasteiger charge is 2.52. The van der Waals surface area contributed by atoms with Crippen LogP contribution in [0.15, 0.2) is 24.3 Å². The molecule has 4 fully saturated rings. The molecule has 0 aliphatic heterocycles. The van der Waals surface area contributed by atoms with Crippen LogP contribution >= 0.6 is 11.8 Å². The molecule has 4 heteroatoms. The summed E-state index contributed by atoms with van der Waals surface area (Å²) in [6.45, 7) is 2.02. The maximum absolute atomic E-state index is 12.7. The minimum Gasteiger partial charge on any atom is -0.324 e. The molecule has 5 rings (SSSR count). The van der Waals surface area contributed by atoms with Crippen LogP contribution in [0.4, 0.5) is 5.69 Å². The number of anilines is 1. The maximum Gasteiger partial charge on any atom is 0.237 e. The molecule has 0 unspecified atom stereocenters. The van der Waals surface area contributed by atoms with Crippen LogP contribution in [0.25, 0.3) is 0 Å². The number of benzene rings is 1. The van der Waals surface area contributed by atoms with Gasteiger partial charge in [-0.15, -0.1) is 11.8 Å². The molecule has 0 heterocycles. The predicted octanol–water partition coefficient (Wildman–Crippen LogP) is 4.59. The Hall–Kier alpha value is -1.47. The third-order valence-electron chi connectivity index (χ3n) is 6.08. The van der Waals surface area contributed by atoms with Gasteiger partial charge in [0.2, 0.25) is 5.91 Å². The van der Waals surface area contributed by atoms with E-state index in [0.717, 1.165) is 17.8 Å². The number of carbonyl (C=O) groups is 1. The lowest BCUT2D eigenvalue weighted by Crippen LogP contribution is -2.49. The summed E-state index contributed by atoms with van der Waals surface area (Å²) >= 11 is 1.90. The predicted molar refractivity (Wildman–Crippen MR) is 97.7 cm³/mol. The van der Waals surface area contributed by atoms with E-state index in [1.807, 2.05) is 30.8 Å². The van der Waals surface area contributed by atoms with Gasteiger partial charge in [-0.05, 0) is 75.3 Å². The summed E-state index contributed by atoms with van der Waals surface area (Å²) in [5.41, 5.74) is 1.15. The zero-order chi connectivity index (χ0) is 16.7. The number of para-hydroxylation sites is 1. The molecule has 0 radical (unpaired) electrons. The number of rotatable bonds is 4. The first-order valence-corrected chi connectivity index (χ1v) is 9.93. The summed E-state index contributed by atoms with van der Waals surface area (Å²) in [5.74, 6) is 2.73. The van der Waals surface area contributed by atoms with Crippen LogP contribution < -0.4 is 5.32 Å². The molecule has 0 saturated heterocycles. The maximum atomic E-state index is 12.7. The molecular formula is C20H24N2OS. The molecule has 0 aromatic heterocycles. The van der Waals surface area contributed by atoms with Crippen molar-refractivity contribution in [3.63, 3.8) is 0 Å². The molecule has 1 aromatic carbocycles. The van der Waals surface area contributed by atoms with E-state index in [0.29, 0.717) is 16.0 Å². The zero-order valence-electron chi connectivity index (χ0n) is 14.1. The van der Waals surface area contributed by atoms with E-state index in [4.69, 9.17) is 0 Å². The Bertz CT molecular complexity index is 658.